The summed E-state index contributed by atoms with van der Waals surface area (Å²) in [7, 11) is 1.61. The van der Waals surface area contributed by atoms with Gasteiger partial charge in [-0.15, -0.1) is 0 Å². The lowest BCUT2D eigenvalue weighted by atomic mass is 10.0. The van der Waals surface area contributed by atoms with Crippen LogP contribution in [0.4, 0.5) is 0 Å². The molecule has 3 rings (SSSR count). The van der Waals surface area contributed by atoms with Crippen molar-refractivity contribution in [1.29, 1.82) is 0 Å². The highest BCUT2D eigenvalue weighted by Crippen LogP contribution is 2.19. The molecule has 0 saturated carbocycles. The topological polar surface area (TPSA) is 67.9 Å². The zero-order chi connectivity index (χ0) is 21.5. The lowest BCUT2D eigenvalue weighted by molar-refractivity contribution is -0.139. The number of rotatable bonds is 7. The van der Waals surface area contributed by atoms with Crippen LogP contribution in [0, 0.1) is 0 Å². The number of ether oxygens (including phenoxy) is 2. The van der Waals surface area contributed by atoms with E-state index in [4.69, 9.17) is 21.1 Å². The maximum atomic E-state index is 12.7. The van der Waals surface area contributed by atoms with Crippen LogP contribution in [0.5, 0.6) is 11.5 Å². The molecule has 2 aromatic carbocycles. The van der Waals surface area contributed by atoms with Crippen molar-refractivity contribution in [2.75, 3.05) is 20.2 Å². The average Bonchev–Trinajstić information content (AvgIpc) is 2.76. The zero-order valence-electron chi connectivity index (χ0n) is 17.3. The average molecular weight is 431 g/mol. The molecule has 0 radical (unpaired) electrons. The van der Waals surface area contributed by atoms with Crippen molar-refractivity contribution in [3.63, 3.8) is 0 Å². The van der Waals surface area contributed by atoms with E-state index in [1.807, 2.05) is 24.3 Å². The van der Waals surface area contributed by atoms with Crippen LogP contribution in [-0.2, 0) is 16.0 Å². The molecule has 0 spiro atoms. The lowest BCUT2D eigenvalue weighted by Crippen LogP contribution is -2.49. The minimum absolute atomic E-state index is 0.00983. The van der Waals surface area contributed by atoms with Gasteiger partial charge in [0.15, 0.2) is 6.10 Å². The molecule has 1 atom stereocenters. The van der Waals surface area contributed by atoms with Gasteiger partial charge in [0.25, 0.3) is 5.91 Å². The van der Waals surface area contributed by atoms with Crippen molar-refractivity contribution in [1.82, 2.24) is 10.2 Å². The van der Waals surface area contributed by atoms with Crippen LogP contribution >= 0.6 is 11.6 Å². The second-order valence-corrected chi connectivity index (χ2v) is 7.84. The van der Waals surface area contributed by atoms with Crippen molar-refractivity contribution < 1.29 is 19.1 Å². The third-order valence-electron chi connectivity index (χ3n) is 5.17. The summed E-state index contributed by atoms with van der Waals surface area (Å²) >= 11 is 5.87. The first-order valence-electron chi connectivity index (χ1n) is 10.1. The molecule has 1 N–H and O–H groups in total. The molecular weight excluding hydrogens is 404 g/mol. The Labute approximate surface area is 182 Å². The molecule has 2 amide bonds. The first kappa shape index (κ1) is 22.0. The van der Waals surface area contributed by atoms with E-state index < -0.39 is 6.10 Å². The van der Waals surface area contributed by atoms with Crippen LogP contribution in [0.1, 0.15) is 25.3 Å². The van der Waals surface area contributed by atoms with Gasteiger partial charge in [0.2, 0.25) is 5.91 Å². The van der Waals surface area contributed by atoms with Crippen LogP contribution in [0.15, 0.2) is 48.5 Å². The van der Waals surface area contributed by atoms with E-state index in [1.165, 1.54) is 0 Å². The van der Waals surface area contributed by atoms with E-state index in [0.29, 0.717) is 30.3 Å². The number of carbonyl (C=O) groups excluding carboxylic acids is 2. The van der Waals surface area contributed by atoms with E-state index in [9.17, 15) is 9.59 Å². The largest absolute Gasteiger partial charge is 0.497 e. The summed E-state index contributed by atoms with van der Waals surface area (Å²) in [5, 5.41) is 3.70. The molecule has 1 fully saturated rings. The Hall–Kier alpha value is -2.73. The standard InChI is InChI=1S/C23H27ClN2O4/c1-16(30-21-9-5-18(24)6-10-21)23(28)26-13-11-19(12-14-26)25-22(27)15-17-3-7-20(29-2)8-4-17/h3-10,16,19H,11-15H2,1-2H3,(H,25,27). The first-order valence-corrected chi connectivity index (χ1v) is 10.5. The fourth-order valence-corrected chi connectivity index (χ4v) is 3.60. The molecule has 160 valence electrons. The molecule has 1 aliphatic rings. The van der Waals surface area contributed by atoms with Crippen molar-refractivity contribution in [2.45, 2.75) is 38.3 Å². The zero-order valence-corrected chi connectivity index (χ0v) is 18.0. The minimum atomic E-state index is -0.576. The number of benzene rings is 2. The maximum absolute atomic E-state index is 12.7. The van der Waals surface area contributed by atoms with Crippen LogP contribution < -0.4 is 14.8 Å². The fraction of sp³-hybridized carbons (Fsp3) is 0.391. The van der Waals surface area contributed by atoms with Gasteiger partial charge in [-0.3, -0.25) is 9.59 Å². The van der Waals surface area contributed by atoms with Gasteiger partial charge in [0.05, 0.1) is 13.5 Å². The summed E-state index contributed by atoms with van der Waals surface area (Å²) in [5.74, 6) is 1.32. The monoisotopic (exact) mass is 430 g/mol. The van der Waals surface area contributed by atoms with Gasteiger partial charge in [-0.25, -0.2) is 0 Å². The summed E-state index contributed by atoms with van der Waals surface area (Å²) in [4.78, 5) is 26.8. The number of hydrogen-bond donors (Lipinski definition) is 1. The second-order valence-electron chi connectivity index (χ2n) is 7.41. The summed E-state index contributed by atoms with van der Waals surface area (Å²) in [6.07, 6.45) is 1.21. The van der Waals surface area contributed by atoms with Gasteiger partial charge in [0.1, 0.15) is 11.5 Å². The Bertz CT molecular complexity index is 847. The number of amides is 2. The van der Waals surface area contributed by atoms with Gasteiger partial charge >= 0.3 is 0 Å². The van der Waals surface area contributed by atoms with E-state index in [2.05, 4.69) is 5.32 Å². The first-order chi connectivity index (χ1) is 14.4. The van der Waals surface area contributed by atoms with E-state index in [0.717, 1.165) is 24.2 Å². The summed E-state index contributed by atoms with van der Waals surface area (Å²) in [5.41, 5.74) is 0.939. The predicted octanol–water partition coefficient (Wildman–Crippen LogP) is 3.47. The number of hydrogen-bond acceptors (Lipinski definition) is 4. The highest BCUT2D eigenvalue weighted by molar-refractivity contribution is 6.30. The Morgan fingerprint density at radius 1 is 1.07 bits per heavy atom. The Balaban J connectivity index is 1.42. The van der Waals surface area contributed by atoms with Crippen LogP contribution in [0.2, 0.25) is 5.02 Å². The Morgan fingerprint density at radius 3 is 2.27 bits per heavy atom. The maximum Gasteiger partial charge on any atom is 0.263 e. The third-order valence-corrected chi connectivity index (χ3v) is 5.42. The van der Waals surface area contributed by atoms with Gasteiger partial charge < -0.3 is 19.7 Å². The van der Waals surface area contributed by atoms with Crippen molar-refractivity contribution >= 4 is 23.4 Å². The van der Waals surface area contributed by atoms with E-state index in [-0.39, 0.29) is 17.9 Å². The van der Waals surface area contributed by atoms with E-state index >= 15 is 0 Å². The number of likely N-dealkylation sites (tertiary alicyclic amines) is 1. The summed E-state index contributed by atoms with van der Waals surface area (Å²) < 4.78 is 10.9. The van der Waals surface area contributed by atoms with E-state index in [1.54, 1.807) is 43.2 Å². The summed E-state index contributed by atoms with van der Waals surface area (Å²) in [6.45, 7) is 2.95. The number of nitrogens with one attached hydrogen (secondary N) is 1. The van der Waals surface area contributed by atoms with Gasteiger partial charge in [0, 0.05) is 24.2 Å². The number of nitrogens with zero attached hydrogens (tertiary/aromatic N) is 1. The molecule has 7 heteroatoms. The minimum Gasteiger partial charge on any atom is -0.497 e. The SMILES string of the molecule is COc1ccc(CC(=O)NC2CCN(C(=O)C(C)Oc3ccc(Cl)cc3)CC2)cc1. The summed E-state index contributed by atoms with van der Waals surface area (Å²) in [6, 6.07) is 14.5. The molecule has 0 aliphatic carbocycles. The molecule has 1 unspecified atom stereocenters. The molecule has 2 aromatic rings. The highest BCUT2D eigenvalue weighted by atomic mass is 35.5. The molecule has 0 bridgehead atoms. The number of carbonyl (C=O) groups is 2. The molecule has 1 saturated heterocycles. The van der Waals surface area contributed by atoms with Crippen LogP contribution in [-0.4, -0.2) is 49.1 Å². The lowest BCUT2D eigenvalue weighted by Gasteiger charge is -2.33. The normalized spacial score (nSPS) is 15.4. The van der Waals surface area contributed by atoms with Gasteiger partial charge in [-0.05, 0) is 61.7 Å². The number of piperidine rings is 1. The van der Waals surface area contributed by atoms with Crippen molar-refractivity contribution in [3.8, 4) is 11.5 Å². The Morgan fingerprint density at radius 2 is 1.67 bits per heavy atom. The third kappa shape index (κ3) is 6.13. The Kier molecular flexibility index (Phi) is 7.57. The molecule has 1 heterocycles. The highest BCUT2D eigenvalue weighted by Gasteiger charge is 2.27. The molecular formula is C23H27ClN2O4. The number of methoxy groups -OCH3 is 1. The quantitative estimate of drug-likeness (QED) is 0.730. The van der Waals surface area contributed by atoms with Crippen molar-refractivity contribution in [3.05, 3.63) is 59.1 Å². The predicted molar refractivity (Wildman–Crippen MR) is 116 cm³/mol. The number of halogens is 1. The molecule has 0 aromatic heterocycles. The van der Waals surface area contributed by atoms with Crippen LogP contribution in [0.3, 0.4) is 0 Å². The molecule has 6 nitrogen and oxygen atoms in total. The van der Waals surface area contributed by atoms with Gasteiger partial charge in [-0.2, -0.15) is 0 Å². The second kappa shape index (κ2) is 10.3. The fourth-order valence-electron chi connectivity index (χ4n) is 3.48. The molecule has 1 aliphatic heterocycles. The van der Waals surface area contributed by atoms with Crippen molar-refractivity contribution in [2.24, 2.45) is 0 Å². The molecule has 30 heavy (non-hydrogen) atoms. The van der Waals surface area contributed by atoms with Gasteiger partial charge in [-0.1, -0.05) is 23.7 Å². The smallest absolute Gasteiger partial charge is 0.263 e. The van der Waals surface area contributed by atoms with Crippen LogP contribution in [0.25, 0.3) is 0 Å².